The molecule has 0 N–H and O–H groups in total. The number of rotatable bonds is 4. The Morgan fingerprint density at radius 3 is 2.74 bits per heavy atom. The number of quaternary nitrogens is 1. The van der Waals surface area contributed by atoms with Crippen LogP contribution in [-0.2, 0) is 0 Å². The van der Waals surface area contributed by atoms with E-state index in [-0.39, 0.29) is 17.0 Å². The van der Waals surface area contributed by atoms with Crippen molar-refractivity contribution in [1.82, 2.24) is 0 Å². The molecule has 3 saturated heterocycles. The van der Waals surface area contributed by atoms with Crippen LogP contribution in [0.25, 0.3) is 0 Å². The van der Waals surface area contributed by atoms with Crippen molar-refractivity contribution < 1.29 is 26.3 Å². The second-order valence-corrected chi connectivity index (χ2v) is 6.93. The van der Waals surface area contributed by atoms with E-state index in [2.05, 4.69) is 6.92 Å². The fraction of sp³-hybridized carbons (Fsp3) is 0.667. The number of carbonyl (C=O) groups is 1. The lowest BCUT2D eigenvalue weighted by atomic mass is 9.74. The number of thiophene rings is 1. The van der Waals surface area contributed by atoms with Crippen LogP contribution in [0, 0.1) is 11.8 Å². The molecule has 0 aliphatic carbocycles. The van der Waals surface area contributed by atoms with E-state index in [1.807, 2.05) is 17.5 Å². The molecule has 0 amide bonds. The van der Waals surface area contributed by atoms with E-state index in [9.17, 15) is 4.79 Å². The molecule has 1 atom stereocenters. The predicted octanol–water partition coefficient (Wildman–Crippen LogP) is 0.201. The summed E-state index contributed by atoms with van der Waals surface area (Å²) >= 11 is 1.61. The molecule has 0 spiro atoms. The van der Waals surface area contributed by atoms with Crippen LogP contribution in [0.5, 0.6) is 0 Å². The minimum atomic E-state index is 0. The highest BCUT2D eigenvalue weighted by molar-refractivity contribution is 7.12. The molecule has 3 aliphatic rings. The van der Waals surface area contributed by atoms with Gasteiger partial charge < -0.3 is 21.5 Å². The van der Waals surface area contributed by atoms with Crippen molar-refractivity contribution in [3.05, 3.63) is 22.4 Å². The second-order valence-electron chi connectivity index (χ2n) is 5.98. The Hall–Kier alpha value is -0.190. The summed E-state index contributed by atoms with van der Waals surface area (Å²) in [5.41, 5.74) is 0. The highest BCUT2D eigenvalue weighted by Crippen LogP contribution is 2.39. The number of carbonyl (C=O) groups excluding carboxylic acids is 1. The third kappa shape index (κ3) is 2.81. The summed E-state index contributed by atoms with van der Waals surface area (Å²) in [6.07, 6.45) is 3.77. The maximum Gasteiger partial charge on any atom is 0.181 e. The monoisotopic (exact) mass is 343 g/mol. The third-order valence-electron chi connectivity index (χ3n) is 4.90. The molecule has 0 radical (unpaired) electrons. The maximum absolute atomic E-state index is 12.6. The Kier molecular flexibility index (Phi) is 4.85. The summed E-state index contributed by atoms with van der Waals surface area (Å²) in [5, 5.41) is 2.02. The van der Waals surface area contributed by atoms with Crippen molar-refractivity contribution in [3.8, 4) is 0 Å². The van der Waals surface area contributed by atoms with Gasteiger partial charge >= 0.3 is 0 Å². The highest BCUT2D eigenvalue weighted by atomic mass is 79.9. The molecule has 3 aliphatic heterocycles. The van der Waals surface area contributed by atoms with Gasteiger partial charge in [-0.1, -0.05) is 13.0 Å². The zero-order chi connectivity index (χ0) is 12.6. The first-order chi connectivity index (χ1) is 8.74. The standard InChI is InChI=1S/C15H22NOS.BrH/c1-2-7-16-8-5-12(6-9-16)13(11-16)15(17)14-4-3-10-18-14;/h3-4,10,12-13H,2,5-9,11H2,1H3;1H/q+1;/p-1. The lowest BCUT2D eigenvalue weighted by Crippen LogP contribution is -3.00. The quantitative estimate of drug-likeness (QED) is 0.564. The van der Waals surface area contributed by atoms with Crippen molar-refractivity contribution >= 4 is 17.1 Å². The smallest absolute Gasteiger partial charge is 0.181 e. The van der Waals surface area contributed by atoms with Crippen LogP contribution < -0.4 is 17.0 Å². The van der Waals surface area contributed by atoms with Gasteiger partial charge in [-0.15, -0.1) is 11.3 Å². The van der Waals surface area contributed by atoms with E-state index in [1.165, 1.54) is 43.4 Å². The van der Waals surface area contributed by atoms with Crippen LogP contribution in [0.1, 0.15) is 35.9 Å². The van der Waals surface area contributed by atoms with Crippen molar-refractivity contribution in [2.24, 2.45) is 11.8 Å². The zero-order valence-electron chi connectivity index (χ0n) is 11.5. The van der Waals surface area contributed by atoms with Gasteiger partial charge in [-0.05, 0) is 23.8 Å². The number of hydrogen-bond donors (Lipinski definition) is 0. The summed E-state index contributed by atoms with van der Waals surface area (Å²) in [5.74, 6) is 1.39. The molecule has 3 fully saturated rings. The van der Waals surface area contributed by atoms with Crippen molar-refractivity contribution in [2.45, 2.75) is 26.2 Å². The number of hydrogen-bond acceptors (Lipinski definition) is 2. The van der Waals surface area contributed by atoms with E-state index in [1.54, 1.807) is 11.3 Å². The molecular weight excluding hydrogens is 322 g/mol. The summed E-state index contributed by atoms with van der Waals surface area (Å²) < 4.78 is 1.22. The number of ketones is 1. The number of halogens is 1. The van der Waals surface area contributed by atoms with Gasteiger partial charge in [-0.25, -0.2) is 0 Å². The zero-order valence-corrected chi connectivity index (χ0v) is 13.9. The van der Waals surface area contributed by atoms with Gasteiger partial charge in [0.15, 0.2) is 5.78 Å². The second kappa shape index (κ2) is 6.06. The Bertz CT molecular complexity index is 418. The van der Waals surface area contributed by atoms with Gasteiger partial charge in [0.2, 0.25) is 0 Å². The van der Waals surface area contributed by atoms with Gasteiger partial charge in [0.25, 0.3) is 0 Å². The molecular formula is C15H22BrNOS. The Balaban J connectivity index is 0.00000133. The van der Waals surface area contributed by atoms with Gasteiger partial charge in [-0.3, -0.25) is 4.79 Å². The fourth-order valence-corrected chi connectivity index (χ4v) is 4.70. The van der Waals surface area contributed by atoms with Gasteiger partial charge in [-0.2, -0.15) is 0 Å². The van der Waals surface area contributed by atoms with Gasteiger partial charge in [0.05, 0.1) is 37.0 Å². The average Bonchev–Trinajstić information content (AvgIpc) is 2.93. The van der Waals surface area contributed by atoms with Gasteiger partial charge in [0.1, 0.15) is 0 Å². The molecule has 1 unspecified atom stereocenters. The summed E-state index contributed by atoms with van der Waals surface area (Å²) in [6, 6.07) is 3.99. The first kappa shape index (κ1) is 15.2. The SMILES string of the molecule is CCC[N+]12CCC(CC1)C(C(=O)c1cccs1)C2.[Br-]. The number of piperidine rings is 3. The summed E-state index contributed by atoms with van der Waals surface area (Å²) in [4.78, 5) is 13.6. The van der Waals surface area contributed by atoms with Crippen molar-refractivity contribution in [3.63, 3.8) is 0 Å². The Labute approximate surface area is 130 Å². The molecule has 1 aromatic heterocycles. The molecule has 106 valence electrons. The number of fused-ring (bicyclic) bond motifs is 3. The van der Waals surface area contributed by atoms with E-state index in [0.717, 1.165) is 11.4 Å². The highest BCUT2D eigenvalue weighted by Gasteiger charge is 2.48. The fourth-order valence-electron chi connectivity index (χ4n) is 3.97. The lowest BCUT2D eigenvalue weighted by molar-refractivity contribution is -0.945. The van der Waals surface area contributed by atoms with Crippen molar-refractivity contribution in [1.29, 1.82) is 0 Å². The van der Waals surface area contributed by atoms with Crippen LogP contribution in [0.15, 0.2) is 17.5 Å². The minimum Gasteiger partial charge on any atom is -1.00 e. The van der Waals surface area contributed by atoms with Crippen LogP contribution >= 0.6 is 11.3 Å². The molecule has 4 heteroatoms. The third-order valence-corrected chi connectivity index (χ3v) is 5.78. The van der Waals surface area contributed by atoms with Crippen LogP contribution in [0.3, 0.4) is 0 Å². The first-order valence-corrected chi connectivity index (χ1v) is 8.05. The Morgan fingerprint density at radius 1 is 1.42 bits per heavy atom. The van der Waals surface area contributed by atoms with Crippen LogP contribution in [0.4, 0.5) is 0 Å². The molecule has 2 nitrogen and oxygen atoms in total. The average molecular weight is 344 g/mol. The summed E-state index contributed by atoms with van der Waals surface area (Å²) in [7, 11) is 0. The number of nitrogens with zero attached hydrogens (tertiary/aromatic N) is 1. The molecule has 19 heavy (non-hydrogen) atoms. The van der Waals surface area contributed by atoms with E-state index < -0.39 is 0 Å². The molecule has 0 saturated carbocycles. The lowest BCUT2D eigenvalue weighted by Gasteiger charge is -2.52. The topological polar surface area (TPSA) is 17.1 Å². The molecule has 0 aromatic carbocycles. The molecule has 2 bridgehead atoms. The molecule has 4 rings (SSSR count). The molecule has 4 heterocycles. The normalized spacial score (nSPS) is 32.9. The van der Waals surface area contributed by atoms with E-state index >= 15 is 0 Å². The Morgan fingerprint density at radius 2 is 2.16 bits per heavy atom. The predicted molar refractivity (Wildman–Crippen MR) is 74.9 cm³/mol. The number of Topliss-reactive ketones (excluding diaryl/α,β-unsaturated/α-hetero) is 1. The van der Waals surface area contributed by atoms with Crippen molar-refractivity contribution in [2.75, 3.05) is 26.2 Å². The maximum atomic E-state index is 12.6. The van der Waals surface area contributed by atoms with E-state index in [0.29, 0.717) is 17.6 Å². The molecule has 1 aromatic rings. The van der Waals surface area contributed by atoms with Crippen LogP contribution in [-0.4, -0.2) is 36.4 Å². The largest absolute Gasteiger partial charge is 1.00 e. The summed E-state index contributed by atoms with van der Waals surface area (Å²) in [6.45, 7) is 7.26. The first-order valence-electron chi connectivity index (χ1n) is 7.17. The van der Waals surface area contributed by atoms with Crippen LogP contribution in [0.2, 0.25) is 0 Å². The minimum absolute atomic E-state index is 0. The van der Waals surface area contributed by atoms with E-state index in [4.69, 9.17) is 0 Å². The van der Waals surface area contributed by atoms with Gasteiger partial charge in [0, 0.05) is 12.8 Å².